The van der Waals surface area contributed by atoms with Gasteiger partial charge in [0.05, 0.1) is 12.1 Å². The predicted molar refractivity (Wildman–Crippen MR) is 112 cm³/mol. The van der Waals surface area contributed by atoms with Crippen molar-refractivity contribution in [3.8, 4) is 10.6 Å². The predicted octanol–water partition coefficient (Wildman–Crippen LogP) is 4.48. The third-order valence-electron chi connectivity index (χ3n) is 3.80. The Labute approximate surface area is 174 Å². The fourth-order valence-electron chi connectivity index (χ4n) is 2.50. The van der Waals surface area contributed by atoms with Crippen molar-refractivity contribution in [2.75, 3.05) is 5.32 Å². The maximum Gasteiger partial charge on any atom is 0.232 e. The molecule has 0 saturated carbocycles. The van der Waals surface area contributed by atoms with Gasteiger partial charge in [0.2, 0.25) is 11.0 Å². The summed E-state index contributed by atoms with van der Waals surface area (Å²) in [5.41, 5.74) is 2.80. The fraction of sp³-hybridized carbons (Fsp3) is 0.105. The van der Waals surface area contributed by atoms with E-state index in [4.69, 9.17) is 11.6 Å². The number of rotatable bonds is 6. The van der Waals surface area contributed by atoms with Crippen molar-refractivity contribution in [1.29, 1.82) is 0 Å². The lowest BCUT2D eigenvalue weighted by Gasteiger charge is -1.99. The van der Waals surface area contributed by atoms with Gasteiger partial charge >= 0.3 is 0 Å². The van der Waals surface area contributed by atoms with Gasteiger partial charge in [-0.15, -0.1) is 21.5 Å². The lowest BCUT2D eigenvalue weighted by molar-refractivity contribution is -0.115. The standard InChI is InChI=1S/C19H14ClN5OS2/c20-14-3-1-12(2-4-14)9-17-24-25-19(28-17)23-16(26)10-15-11-27-18(22-15)13-5-7-21-8-6-13/h1-8,11H,9-10H2,(H,23,25,26). The number of halogens is 1. The third-order valence-corrected chi connectivity index (χ3v) is 5.83. The number of hydrogen-bond donors (Lipinski definition) is 1. The maximum absolute atomic E-state index is 12.3. The molecule has 9 heteroatoms. The molecule has 0 aliphatic rings. The molecule has 1 amide bonds. The zero-order chi connectivity index (χ0) is 19.3. The fourth-order valence-corrected chi connectivity index (χ4v) is 4.24. The van der Waals surface area contributed by atoms with Crippen LogP contribution in [-0.4, -0.2) is 26.1 Å². The first-order valence-electron chi connectivity index (χ1n) is 8.37. The molecule has 0 saturated heterocycles. The number of amides is 1. The molecule has 0 aliphatic heterocycles. The van der Waals surface area contributed by atoms with Crippen molar-refractivity contribution in [1.82, 2.24) is 20.2 Å². The molecular formula is C19H14ClN5OS2. The largest absolute Gasteiger partial charge is 0.300 e. The van der Waals surface area contributed by atoms with E-state index in [1.54, 1.807) is 12.4 Å². The van der Waals surface area contributed by atoms with Crippen molar-refractivity contribution < 1.29 is 4.79 Å². The van der Waals surface area contributed by atoms with Crippen molar-refractivity contribution in [2.24, 2.45) is 0 Å². The Morgan fingerprint density at radius 1 is 1.07 bits per heavy atom. The molecule has 3 heterocycles. The Bertz CT molecular complexity index is 1080. The van der Waals surface area contributed by atoms with E-state index in [9.17, 15) is 4.79 Å². The van der Waals surface area contributed by atoms with E-state index in [1.807, 2.05) is 41.8 Å². The Balaban J connectivity index is 1.35. The van der Waals surface area contributed by atoms with E-state index < -0.39 is 0 Å². The molecule has 4 aromatic rings. The van der Waals surface area contributed by atoms with Crippen molar-refractivity contribution >= 4 is 45.3 Å². The molecule has 0 spiro atoms. The van der Waals surface area contributed by atoms with Gasteiger partial charge in [-0.25, -0.2) is 4.98 Å². The van der Waals surface area contributed by atoms with E-state index in [-0.39, 0.29) is 12.3 Å². The van der Waals surface area contributed by atoms with Gasteiger partial charge < -0.3 is 5.32 Å². The first-order chi connectivity index (χ1) is 13.7. The van der Waals surface area contributed by atoms with Gasteiger partial charge in [-0.2, -0.15) is 0 Å². The van der Waals surface area contributed by atoms with Crippen LogP contribution in [0.2, 0.25) is 5.02 Å². The van der Waals surface area contributed by atoms with E-state index in [1.165, 1.54) is 22.7 Å². The number of carbonyl (C=O) groups excluding carboxylic acids is 1. The molecule has 4 rings (SSSR count). The number of nitrogens with one attached hydrogen (secondary N) is 1. The Morgan fingerprint density at radius 2 is 1.86 bits per heavy atom. The molecule has 0 radical (unpaired) electrons. The number of aromatic nitrogens is 4. The molecule has 0 bridgehead atoms. The second-order valence-electron chi connectivity index (χ2n) is 5.91. The van der Waals surface area contributed by atoms with E-state index in [0.29, 0.717) is 16.6 Å². The summed E-state index contributed by atoms with van der Waals surface area (Å²) in [5.74, 6) is -0.166. The zero-order valence-corrected chi connectivity index (χ0v) is 16.9. The summed E-state index contributed by atoms with van der Waals surface area (Å²) in [4.78, 5) is 20.8. The monoisotopic (exact) mass is 427 g/mol. The highest BCUT2D eigenvalue weighted by Crippen LogP contribution is 2.24. The van der Waals surface area contributed by atoms with Gasteiger partial charge in [-0.3, -0.25) is 9.78 Å². The summed E-state index contributed by atoms with van der Waals surface area (Å²) in [5, 5.41) is 15.7. The second-order valence-corrected chi connectivity index (χ2v) is 8.27. The number of benzene rings is 1. The number of thiazole rings is 1. The van der Waals surface area contributed by atoms with Crippen LogP contribution < -0.4 is 5.32 Å². The summed E-state index contributed by atoms with van der Waals surface area (Å²) in [6.07, 6.45) is 4.28. The molecular weight excluding hydrogens is 414 g/mol. The summed E-state index contributed by atoms with van der Waals surface area (Å²) >= 11 is 8.76. The lowest BCUT2D eigenvalue weighted by Crippen LogP contribution is -2.14. The van der Waals surface area contributed by atoms with Crippen LogP contribution in [0, 0.1) is 0 Å². The number of pyridine rings is 1. The topological polar surface area (TPSA) is 80.7 Å². The minimum atomic E-state index is -0.166. The molecule has 28 heavy (non-hydrogen) atoms. The molecule has 0 fully saturated rings. The van der Waals surface area contributed by atoms with E-state index >= 15 is 0 Å². The van der Waals surface area contributed by atoms with E-state index in [0.717, 1.165) is 26.8 Å². The molecule has 1 aromatic carbocycles. The summed E-state index contributed by atoms with van der Waals surface area (Å²) in [7, 11) is 0. The Kier molecular flexibility index (Phi) is 5.70. The van der Waals surface area contributed by atoms with Gasteiger partial charge in [0.15, 0.2) is 0 Å². The number of hydrogen-bond acceptors (Lipinski definition) is 7. The van der Waals surface area contributed by atoms with E-state index in [2.05, 4.69) is 25.5 Å². The first kappa shape index (κ1) is 18.7. The van der Waals surface area contributed by atoms with Gasteiger partial charge in [0, 0.05) is 34.8 Å². The molecule has 3 aromatic heterocycles. The van der Waals surface area contributed by atoms with Crippen LogP contribution in [0.3, 0.4) is 0 Å². The third kappa shape index (κ3) is 4.78. The smallest absolute Gasteiger partial charge is 0.232 e. The zero-order valence-electron chi connectivity index (χ0n) is 14.5. The number of anilines is 1. The molecule has 0 aliphatic carbocycles. The normalized spacial score (nSPS) is 10.8. The van der Waals surface area contributed by atoms with Gasteiger partial charge in [0.25, 0.3) is 0 Å². The summed E-state index contributed by atoms with van der Waals surface area (Å²) < 4.78 is 0. The van der Waals surface area contributed by atoms with Crippen LogP contribution in [-0.2, 0) is 17.6 Å². The Morgan fingerprint density at radius 3 is 2.64 bits per heavy atom. The molecule has 1 N–H and O–H groups in total. The Hall–Kier alpha value is -2.68. The SMILES string of the molecule is O=C(Cc1csc(-c2ccncc2)n1)Nc1nnc(Cc2ccc(Cl)cc2)s1. The van der Waals surface area contributed by atoms with Crippen LogP contribution in [0.4, 0.5) is 5.13 Å². The highest BCUT2D eigenvalue weighted by molar-refractivity contribution is 7.15. The minimum absolute atomic E-state index is 0.166. The van der Waals surface area contributed by atoms with Crippen LogP contribution in [0.1, 0.15) is 16.3 Å². The number of nitrogens with zero attached hydrogens (tertiary/aromatic N) is 4. The van der Waals surface area contributed by atoms with Crippen LogP contribution in [0.15, 0.2) is 54.2 Å². The highest BCUT2D eigenvalue weighted by atomic mass is 35.5. The average Bonchev–Trinajstić information content (AvgIpc) is 3.34. The molecule has 0 unspecified atom stereocenters. The molecule has 140 valence electrons. The van der Waals surface area contributed by atoms with Crippen LogP contribution >= 0.6 is 34.3 Å². The maximum atomic E-state index is 12.3. The van der Waals surface area contributed by atoms with Crippen LogP contribution in [0.25, 0.3) is 10.6 Å². The lowest BCUT2D eigenvalue weighted by atomic mass is 10.2. The first-order valence-corrected chi connectivity index (χ1v) is 10.4. The highest BCUT2D eigenvalue weighted by Gasteiger charge is 2.12. The molecule has 0 atom stereocenters. The van der Waals surface area contributed by atoms with Crippen molar-refractivity contribution in [2.45, 2.75) is 12.8 Å². The van der Waals surface area contributed by atoms with Gasteiger partial charge in [0.1, 0.15) is 10.0 Å². The van der Waals surface area contributed by atoms with Crippen molar-refractivity contribution in [3.63, 3.8) is 0 Å². The average molecular weight is 428 g/mol. The minimum Gasteiger partial charge on any atom is -0.300 e. The summed E-state index contributed by atoms with van der Waals surface area (Å²) in [6.45, 7) is 0. The van der Waals surface area contributed by atoms with Gasteiger partial charge in [-0.05, 0) is 29.8 Å². The quantitative estimate of drug-likeness (QED) is 0.490. The van der Waals surface area contributed by atoms with Crippen LogP contribution in [0.5, 0.6) is 0 Å². The van der Waals surface area contributed by atoms with Gasteiger partial charge in [-0.1, -0.05) is 35.1 Å². The summed E-state index contributed by atoms with van der Waals surface area (Å²) in [6, 6.07) is 11.4. The molecule has 6 nitrogen and oxygen atoms in total. The number of carbonyl (C=O) groups is 1. The van der Waals surface area contributed by atoms with Crippen molar-refractivity contribution in [3.05, 3.63) is 75.5 Å². The second kappa shape index (κ2) is 8.55.